The van der Waals surface area contributed by atoms with Crippen molar-refractivity contribution in [3.63, 3.8) is 0 Å². The molecule has 2 N–H and O–H groups in total. The minimum Gasteiger partial charge on any atom is -0.399 e. The fraction of sp³-hybridized carbons (Fsp3) is 0.400. The third-order valence-electron chi connectivity index (χ3n) is 2.25. The molecule has 3 nitrogen and oxygen atoms in total. The van der Waals surface area contributed by atoms with Crippen LogP contribution in [0.2, 0.25) is 0 Å². The first kappa shape index (κ1) is 13.8. The Kier molecular flexibility index (Phi) is 3.71. The maximum absolute atomic E-state index is 12.3. The Hall–Kier alpha value is -1.24. The van der Waals surface area contributed by atoms with Gasteiger partial charge in [0, 0.05) is 5.69 Å². The van der Waals surface area contributed by atoms with E-state index in [0.717, 1.165) is 12.1 Å². The first-order valence-corrected chi connectivity index (χ1v) is 6.38. The predicted octanol–water partition coefficient (Wildman–Crippen LogP) is 2.51. The van der Waals surface area contributed by atoms with E-state index in [-0.39, 0.29) is 0 Å². The van der Waals surface area contributed by atoms with Crippen LogP contribution in [-0.4, -0.2) is 13.9 Å². The van der Waals surface area contributed by atoms with Gasteiger partial charge in [-0.05, 0) is 30.2 Å². The lowest BCUT2D eigenvalue weighted by atomic mass is 10.1. The summed E-state index contributed by atoms with van der Waals surface area (Å²) in [6.45, 7) is 1.82. The number of aryl methyl sites for hydroxylation is 1. The van der Waals surface area contributed by atoms with Gasteiger partial charge in [0.2, 0.25) is 0 Å². The van der Waals surface area contributed by atoms with Gasteiger partial charge in [-0.3, -0.25) is 0 Å². The van der Waals surface area contributed by atoms with Gasteiger partial charge in [0.05, 0.1) is 4.90 Å². The quantitative estimate of drug-likeness (QED) is 0.856. The second kappa shape index (κ2) is 4.56. The summed E-state index contributed by atoms with van der Waals surface area (Å²) in [5.74, 6) is 0. The van der Waals surface area contributed by atoms with E-state index in [0.29, 0.717) is 24.1 Å². The maximum Gasteiger partial charge on any atom is 0.501 e. The monoisotopic (exact) mass is 267 g/mol. The van der Waals surface area contributed by atoms with Crippen LogP contribution in [0, 0.1) is 0 Å². The largest absolute Gasteiger partial charge is 0.501 e. The number of benzene rings is 1. The minimum absolute atomic E-state index is 0.299. The molecule has 0 aliphatic heterocycles. The lowest BCUT2D eigenvalue weighted by Crippen LogP contribution is -2.23. The molecule has 0 amide bonds. The Morgan fingerprint density at radius 1 is 1.29 bits per heavy atom. The van der Waals surface area contributed by atoms with Crippen molar-refractivity contribution in [3.8, 4) is 0 Å². The van der Waals surface area contributed by atoms with E-state index in [4.69, 9.17) is 5.73 Å². The Morgan fingerprint density at radius 2 is 1.88 bits per heavy atom. The number of sulfone groups is 1. The van der Waals surface area contributed by atoms with Crippen LogP contribution >= 0.6 is 0 Å². The molecule has 0 atom stereocenters. The van der Waals surface area contributed by atoms with Gasteiger partial charge in [-0.25, -0.2) is 8.42 Å². The first-order chi connectivity index (χ1) is 7.70. The van der Waals surface area contributed by atoms with Crippen LogP contribution in [0.25, 0.3) is 0 Å². The van der Waals surface area contributed by atoms with Crippen LogP contribution in [0.5, 0.6) is 0 Å². The summed E-state index contributed by atoms with van der Waals surface area (Å²) < 4.78 is 59.3. The molecule has 0 aromatic heterocycles. The van der Waals surface area contributed by atoms with Crippen molar-refractivity contribution in [2.45, 2.75) is 30.2 Å². The number of nitrogens with two attached hydrogens (primary N) is 1. The van der Waals surface area contributed by atoms with E-state index >= 15 is 0 Å². The summed E-state index contributed by atoms with van der Waals surface area (Å²) in [5, 5.41) is 0. The van der Waals surface area contributed by atoms with E-state index in [1.54, 1.807) is 0 Å². The van der Waals surface area contributed by atoms with Crippen LogP contribution in [0.15, 0.2) is 23.1 Å². The zero-order valence-electron chi connectivity index (χ0n) is 9.08. The smallest absolute Gasteiger partial charge is 0.399 e. The average molecular weight is 267 g/mol. The summed E-state index contributed by atoms with van der Waals surface area (Å²) in [6, 6.07) is 3.04. The Balaban J connectivity index is 3.30. The molecule has 96 valence electrons. The van der Waals surface area contributed by atoms with Gasteiger partial charge in [0.25, 0.3) is 9.84 Å². The van der Waals surface area contributed by atoms with Gasteiger partial charge < -0.3 is 5.73 Å². The number of alkyl halides is 3. The van der Waals surface area contributed by atoms with E-state index in [1.807, 2.05) is 6.92 Å². The van der Waals surface area contributed by atoms with Crippen molar-refractivity contribution < 1.29 is 21.6 Å². The molecule has 7 heteroatoms. The van der Waals surface area contributed by atoms with E-state index in [2.05, 4.69) is 0 Å². The summed E-state index contributed by atoms with van der Waals surface area (Å²) in [6.07, 6.45) is 1.10. The Morgan fingerprint density at radius 3 is 2.35 bits per heavy atom. The number of anilines is 1. The van der Waals surface area contributed by atoms with Crippen LogP contribution in [-0.2, 0) is 16.3 Å². The second-order valence-corrected chi connectivity index (χ2v) is 5.50. The highest BCUT2D eigenvalue weighted by Crippen LogP contribution is 2.31. The molecule has 1 aromatic carbocycles. The van der Waals surface area contributed by atoms with Crippen LogP contribution in [0.1, 0.15) is 18.9 Å². The number of halogens is 3. The van der Waals surface area contributed by atoms with Crippen molar-refractivity contribution in [1.29, 1.82) is 0 Å². The van der Waals surface area contributed by atoms with Crippen molar-refractivity contribution in [2.24, 2.45) is 0 Å². The SMILES string of the molecule is CCCc1cc(S(=O)(=O)C(F)(F)F)ccc1N. The van der Waals surface area contributed by atoms with Crippen molar-refractivity contribution in [3.05, 3.63) is 23.8 Å². The lowest BCUT2D eigenvalue weighted by Gasteiger charge is -2.10. The van der Waals surface area contributed by atoms with Crippen molar-refractivity contribution >= 4 is 15.5 Å². The zero-order valence-corrected chi connectivity index (χ0v) is 9.90. The first-order valence-electron chi connectivity index (χ1n) is 4.90. The standard InChI is InChI=1S/C10H12F3NO2S/c1-2-3-7-6-8(4-5-9(7)14)17(15,16)10(11,12)13/h4-6H,2-3,14H2,1H3. The van der Waals surface area contributed by atoms with Gasteiger partial charge in [0.15, 0.2) is 0 Å². The molecule has 17 heavy (non-hydrogen) atoms. The molecule has 0 aliphatic carbocycles. The summed E-state index contributed by atoms with van der Waals surface area (Å²) in [7, 11) is -5.29. The van der Waals surface area contributed by atoms with E-state index < -0.39 is 20.2 Å². The topological polar surface area (TPSA) is 60.2 Å². The van der Waals surface area contributed by atoms with Gasteiger partial charge in [-0.2, -0.15) is 13.2 Å². The van der Waals surface area contributed by atoms with Crippen LogP contribution < -0.4 is 5.73 Å². The predicted molar refractivity (Wildman–Crippen MR) is 58.1 cm³/mol. The minimum atomic E-state index is -5.29. The molecule has 0 saturated heterocycles. The van der Waals surface area contributed by atoms with Crippen molar-refractivity contribution in [2.75, 3.05) is 5.73 Å². The van der Waals surface area contributed by atoms with Crippen molar-refractivity contribution in [1.82, 2.24) is 0 Å². The molecule has 0 bridgehead atoms. The normalized spacial score (nSPS) is 12.7. The molecular formula is C10H12F3NO2S. The highest BCUT2D eigenvalue weighted by molar-refractivity contribution is 7.92. The number of rotatable bonds is 3. The Labute approximate surface area is 97.4 Å². The van der Waals surface area contributed by atoms with Gasteiger partial charge in [-0.15, -0.1) is 0 Å². The highest BCUT2D eigenvalue weighted by Gasteiger charge is 2.46. The molecule has 0 spiro atoms. The fourth-order valence-corrected chi connectivity index (χ4v) is 2.18. The molecule has 0 fully saturated rings. The zero-order chi connectivity index (χ0) is 13.3. The van der Waals surface area contributed by atoms with Crippen LogP contribution in [0.4, 0.5) is 18.9 Å². The van der Waals surface area contributed by atoms with Gasteiger partial charge >= 0.3 is 5.51 Å². The lowest BCUT2D eigenvalue weighted by molar-refractivity contribution is -0.0436. The number of hydrogen-bond acceptors (Lipinski definition) is 3. The Bertz CT molecular complexity index is 509. The molecule has 0 heterocycles. The molecule has 0 radical (unpaired) electrons. The highest BCUT2D eigenvalue weighted by atomic mass is 32.2. The van der Waals surface area contributed by atoms with Gasteiger partial charge in [0.1, 0.15) is 0 Å². The third-order valence-corrected chi connectivity index (χ3v) is 3.73. The molecule has 0 aliphatic rings. The molecule has 1 aromatic rings. The molecule has 1 rings (SSSR count). The maximum atomic E-state index is 12.3. The van der Waals surface area contributed by atoms with Gasteiger partial charge in [-0.1, -0.05) is 13.3 Å². The second-order valence-electron chi connectivity index (χ2n) is 3.56. The number of hydrogen-bond donors (Lipinski definition) is 1. The summed E-state index contributed by atoms with van der Waals surface area (Å²) >= 11 is 0. The van der Waals surface area contributed by atoms with E-state index in [9.17, 15) is 21.6 Å². The third kappa shape index (κ3) is 2.71. The molecule has 0 unspecified atom stereocenters. The number of nitrogen functional groups attached to an aromatic ring is 1. The average Bonchev–Trinajstić information content (AvgIpc) is 2.19. The fourth-order valence-electron chi connectivity index (χ4n) is 1.37. The summed E-state index contributed by atoms with van der Waals surface area (Å²) in [4.78, 5) is -0.761. The molecular weight excluding hydrogens is 255 g/mol. The summed E-state index contributed by atoms with van der Waals surface area (Å²) in [5.41, 5.74) is 0.980. The molecule has 0 saturated carbocycles. The van der Waals surface area contributed by atoms with Crippen LogP contribution in [0.3, 0.4) is 0 Å². The van der Waals surface area contributed by atoms with E-state index in [1.165, 1.54) is 6.07 Å².